The fourth-order valence-corrected chi connectivity index (χ4v) is 5.48. The van der Waals surface area contributed by atoms with E-state index in [9.17, 15) is 14.4 Å². The molecule has 228 valence electrons. The van der Waals surface area contributed by atoms with Crippen LogP contribution in [0.25, 0.3) is 11.0 Å². The molecular formula is C29H39Cl2N7O4. The Morgan fingerprint density at radius 3 is 2.38 bits per heavy atom. The van der Waals surface area contributed by atoms with E-state index in [-0.39, 0.29) is 49.5 Å². The molecule has 0 saturated carbocycles. The Morgan fingerprint density at radius 2 is 1.79 bits per heavy atom. The standard InChI is InChI=1S/C29H37N7O4.2ClH/c1-18-21(29(2,15-25(38)36-12-4-5-13-36)17-35(3)24(37)14-26(39)40)10-11-22-27(18)34-23(33-22)16-32-20-8-6-19(7-9-20)28(30)31;;/h6-11,32H,4-5,12-17H2,1-3H3,(H3,30,31)(H,33,34)(H,39,40);2*1H. The molecule has 6 N–H and O–H groups in total. The minimum atomic E-state index is -1.18. The van der Waals surface area contributed by atoms with Gasteiger partial charge >= 0.3 is 5.97 Å². The zero-order valence-corrected chi connectivity index (χ0v) is 25.7. The molecule has 0 aliphatic carbocycles. The number of nitrogens with two attached hydrogens (primary N) is 1. The molecule has 1 aliphatic heterocycles. The van der Waals surface area contributed by atoms with Gasteiger partial charge in [0.25, 0.3) is 0 Å². The Morgan fingerprint density at radius 1 is 1.14 bits per heavy atom. The molecule has 2 heterocycles. The van der Waals surface area contributed by atoms with Crippen LogP contribution < -0.4 is 11.1 Å². The highest BCUT2D eigenvalue weighted by Gasteiger charge is 2.36. The maximum atomic E-state index is 13.3. The number of aromatic amines is 1. The lowest BCUT2D eigenvalue weighted by atomic mass is 9.76. The van der Waals surface area contributed by atoms with Crippen LogP contribution in [0, 0.1) is 12.3 Å². The monoisotopic (exact) mass is 619 g/mol. The lowest BCUT2D eigenvalue weighted by molar-refractivity contribution is -0.144. The second-order valence-electron chi connectivity index (χ2n) is 10.8. The molecule has 1 fully saturated rings. The maximum absolute atomic E-state index is 13.3. The number of aromatic nitrogens is 2. The van der Waals surface area contributed by atoms with E-state index >= 15 is 0 Å². The fraction of sp³-hybridized carbons (Fsp3) is 0.414. The Labute approximate surface area is 257 Å². The highest BCUT2D eigenvalue weighted by Crippen LogP contribution is 2.35. The number of carbonyl (C=O) groups is 3. The summed E-state index contributed by atoms with van der Waals surface area (Å²) in [6, 6.07) is 11.2. The molecular weight excluding hydrogens is 581 g/mol. The summed E-state index contributed by atoms with van der Waals surface area (Å²) in [4.78, 5) is 48.5. The molecule has 0 radical (unpaired) electrons. The number of anilines is 1. The number of nitrogens with zero attached hydrogens (tertiary/aromatic N) is 3. The molecule has 42 heavy (non-hydrogen) atoms. The number of H-pyrrole nitrogens is 1. The van der Waals surface area contributed by atoms with Crippen molar-refractivity contribution < 1.29 is 19.5 Å². The summed E-state index contributed by atoms with van der Waals surface area (Å²) >= 11 is 0. The zero-order chi connectivity index (χ0) is 29.0. The second kappa shape index (κ2) is 14.4. The van der Waals surface area contributed by atoms with Gasteiger partial charge in [-0.3, -0.25) is 19.8 Å². The Hall–Kier alpha value is -3.83. The topological polar surface area (TPSA) is 168 Å². The number of nitrogen functional groups attached to an aromatic ring is 1. The minimum absolute atomic E-state index is 0. The third kappa shape index (κ3) is 7.92. The van der Waals surface area contributed by atoms with Gasteiger partial charge in [0.15, 0.2) is 0 Å². The number of carbonyl (C=O) groups excluding carboxylic acids is 2. The number of hydrogen-bond donors (Lipinski definition) is 5. The predicted octanol–water partition coefficient (Wildman–Crippen LogP) is 3.81. The number of likely N-dealkylation sites (N-methyl/N-ethyl adjacent to an activating group) is 1. The van der Waals surface area contributed by atoms with Gasteiger partial charge in [-0.05, 0) is 61.2 Å². The first-order valence-corrected chi connectivity index (χ1v) is 13.4. The number of amides is 2. The molecule has 1 saturated heterocycles. The lowest BCUT2D eigenvalue weighted by Gasteiger charge is -2.36. The third-order valence-corrected chi connectivity index (χ3v) is 7.58. The molecule has 2 amide bonds. The Bertz CT molecular complexity index is 1440. The highest BCUT2D eigenvalue weighted by molar-refractivity contribution is 5.95. The first-order chi connectivity index (χ1) is 19.0. The smallest absolute Gasteiger partial charge is 0.312 e. The summed E-state index contributed by atoms with van der Waals surface area (Å²) in [5, 5.41) is 20.0. The van der Waals surface area contributed by atoms with E-state index in [0.717, 1.165) is 59.6 Å². The van der Waals surface area contributed by atoms with Crippen molar-refractivity contribution in [2.45, 2.75) is 51.5 Å². The molecule has 1 aromatic heterocycles. The first kappa shape index (κ1) is 34.4. The van der Waals surface area contributed by atoms with Gasteiger partial charge in [0.05, 0.1) is 17.6 Å². The Balaban J connectivity index is 0.00000308. The largest absolute Gasteiger partial charge is 0.481 e. The number of aliphatic carboxylic acids is 1. The molecule has 13 heteroatoms. The van der Waals surface area contributed by atoms with Crippen molar-refractivity contribution in [1.82, 2.24) is 19.8 Å². The number of amidine groups is 1. The molecule has 1 atom stereocenters. The van der Waals surface area contributed by atoms with E-state index in [1.807, 2.05) is 43.0 Å². The number of hydrogen-bond acceptors (Lipinski definition) is 6. The average Bonchev–Trinajstić information content (AvgIpc) is 3.58. The molecule has 3 aromatic rings. The van der Waals surface area contributed by atoms with Crippen molar-refractivity contribution in [3.8, 4) is 0 Å². The van der Waals surface area contributed by atoms with Crippen molar-refractivity contribution >= 4 is 65.2 Å². The van der Waals surface area contributed by atoms with Crippen LogP contribution in [0.3, 0.4) is 0 Å². The quantitative estimate of drug-likeness (QED) is 0.123. The van der Waals surface area contributed by atoms with Gasteiger partial charge in [-0.2, -0.15) is 0 Å². The number of rotatable bonds is 11. The van der Waals surface area contributed by atoms with E-state index in [1.54, 1.807) is 19.2 Å². The van der Waals surface area contributed by atoms with E-state index in [4.69, 9.17) is 21.2 Å². The summed E-state index contributed by atoms with van der Waals surface area (Å²) in [5.41, 5.74) is 9.73. The van der Waals surface area contributed by atoms with Crippen molar-refractivity contribution in [3.63, 3.8) is 0 Å². The Kier molecular flexibility index (Phi) is 11.8. The molecule has 0 bridgehead atoms. The summed E-state index contributed by atoms with van der Waals surface area (Å²) in [5.74, 6) is -0.912. The predicted molar refractivity (Wildman–Crippen MR) is 168 cm³/mol. The number of carboxylic acids is 1. The molecule has 1 unspecified atom stereocenters. The molecule has 0 spiro atoms. The van der Waals surface area contributed by atoms with Crippen LogP contribution in [0.2, 0.25) is 0 Å². The maximum Gasteiger partial charge on any atom is 0.312 e. The van der Waals surface area contributed by atoms with Gasteiger partial charge in [0.2, 0.25) is 11.8 Å². The summed E-state index contributed by atoms with van der Waals surface area (Å²) in [6.07, 6.45) is 1.56. The number of benzene rings is 2. The van der Waals surface area contributed by atoms with Gasteiger partial charge in [0.1, 0.15) is 18.1 Å². The lowest BCUT2D eigenvalue weighted by Crippen LogP contribution is -2.44. The first-order valence-electron chi connectivity index (χ1n) is 13.4. The van der Waals surface area contributed by atoms with E-state index in [2.05, 4.69) is 10.3 Å². The fourth-order valence-electron chi connectivity index (χ4n) is 5.48. The summed E-state index contributed by atoms with van der Waals surface area (Å²) < 4.78 is 0. The van der Waals surface area contributed by atoms with Crippen molar-refractivity contribution in [2.24, 2.45) is 5.73 Å². The number of carboxylic acid groups (broad SMARTS) is 1. The molecule has 4 rings (SSSR count). The van der Waals surface area contributed by atoms with E-state index in [1.165, 1.54) is 4.90 Å². The van der Waals surface area contributed by atoms with E-state index < -0.39 is 23.7 Å². The summed E-state index contributed by atoms with van der Waals surface area (Å²) in [6.45, 7) is 6.02. The van der Waals surface area contributed by atoms with Gasteiger partial charge in [0, 0.05) is 49.8 Å². The normalized spacial score (nSPS) is 13.9. The van der Waals surface area contributed by atoms with Crippen LogP contribution in [-0.4, -0.2) is 75.2 Å². The van der Waals surface area contributed by atoms with Gasteiger partial charge < -0.3 is 30.9 Å². The number of halogens is 2. The number of nitrogens with one attached hydrogen (secondary N) is 3. The number of fused-ring (bicyclic) bond motifs is 1. The van der Waals surface area contributed by atoms with Crippen LogP contribution in [0.4, 0.5) is 5.69 Å². The third-order valence-electron chi connectivity index (χ3n) is 7.58. The average molecular weight is 621 g/mol. The zero-order valence-electron chi connectivity index (χ0n) is 24.0. The van der Waals surface area contributed by atoms with Gasteiger partial charge in [-0.15, -0.1) is 24.8 Å². The SMILES string of the molecule is Cc1c(C(C)(CC(=O)N2CCCC2)CN(C)C(=O)CC(=O)O)ccc2[nH]c(CNc3ccc(C(=N)N)cc3)nc12.Cl.Cl. The molecule has 1 aliphatic rings. The van der Waals surface area contributed by atoms with Crippen LogP contribution in [0.5, 0.6) is 0 Å². The highest BCUT2D eigenvalue weighted by atomic mass is 35.5. The van der Waals surface area contributed by atoms with Crippen molar-refractivity contribution in [2.75, 3.05) is 32.0 Å². The van der Waals surface area contributed by atoms with Crippen LogP contribution in [-0.2, 0) is 26.3 Å². The second-order valence-corrected chi connectivity index (χ2v) is 10.8. The molecule has 11 nitrogen and oxygen atoms in total. The van der Waals surface area contributed by atoms with Crippen LogP contribution >= 0.6 is 24.8 Å². The number of imidazole rings is 1. The van der Waals surface area contributed by atoms with Crippen molar-refractivity contribution in [3.05, 3.63) is 58.9 Å². The van der Waals surface area contributed by atoms with Crippen LogP contribution in [0.1, 0.15) is 55.1 Å². The van der Waals surface area contributed by atoms with Gasteiger partial charge in [-0.25, -0.2) is 4.98 Å². The molecule has 2 aromatic carbocycles. The number of aryl methyl sites for hydroxylation is 1. The number of likely N-dealkylation sites (tertiary alicyclic amines) is 1. The van der Waals surface area contributed by atoms with E-state index in [0.29, 0.717) is 12.1 Å². The van der Waals surface area contributed by atoms with Gasteiger partial charge in [-0.1, -0.05) is 13.0 Å². The minimum Gasteiger partial charge on any atom is -0.481 e. The van der Waals surface area contributed by atoms with Crippen molar-refractivity contribution in [1.29, 1.82) is 5.41 Å². The summed E-state index contributed by atoms with van der Waals surface area (Å²) in [7, 11) is 1.58. The van der Waals surface area contributed by atoms with Crippen LogP contribution in [0.15, 0.2) is 36.4 Å².